The predicted octanol–water partition coefficient (Wildman–Crippen LogP) is 16.8. The molecule has 1 aliphatic rings. The number of carbonyl (C=O) groups excluding carboxylic acids is 2. The monoisotopic (exact) mass is 1130 g/mol. The minimum absolute atomic E-state index is 0.123. The highest BCUT2D eigenvalue weighted by Gasteiger charge is 2.47. The van der Waals surface area contributed by atoms with Crippen LogP contribution < -0.4 is 5.32 Å². The van der Waals surface area contributed by atoms with Crippen molar-refractivity contribution in [3.8, 4) is 0 Å². The fourth-order valence-electron chi connectivity index (χ4n) is 10.6. The first-order valence-corrected chi connectivity index (χ1v) is 33.9. The van der Waals surface area contributed by atoms with Crippen LogP contribution in [0, 0.1) is 0 Å². The molecule has 80 heavy (non-hydrogen) atoms. The number of allylic oxidation sites excluding steroid dienone is 7. The number of aliphatic hydroxyl groups excluding tert-OH is 5. The molecule has 0 radical (unpaired) electrons. The second kappa shape index (κ2) is 57.1. The number of ether oxygens (including phenoxy) is 3. The van der Waals surface area contributed by atoms with Gasteiger partial charge < -0.3 is 45.1 Å². The fourth-order valence-corrected chi connectivity index (χ4v) is 10.6. The van der Waals surface area contributed by atoms with Gasteiger partial charge in [0.2, 0.25) is 5.91 Å². The fraction of sp³-hybridized carbons (Fsp3) is 0.855. The van der Waals surface area contributed by atoms with Crippen LogP contribution in [0.5, 0.6) is 0 Å². The van der Waals surface area contributed by atoms with Gasteiger partial charge in [-0.3, -0.25) is 9.59 Å². The Labute approximate surface area is 491 Å². The first-order chi connectivity index (χ1) is 39.2. The molecule has 1 rings (SSSR count). The number of aliphatic hydroxyl groups is 5. The first kappa shape index (κ1) is 75.6. The molecule has 11 heteroatoms. The Hall–Kier alpha value is -2.38. The Morgan fingerprint density at radius 3 is 1.31 bits per heavy atom. The molecule has 0 aliphatic carbocycles. The maximum absolute atomic E-state index is 13.4. The molecule has 1 saturated heterocycles. The van der Waals surface area contributed by atoms with Gasteiger partial charge in [0.05, 0.1) is 25.4 Å². The van der Waals surface area contributed by atoms with Gasteiger partial charge in [-0.25, -0.2) is 0 Å². The topological polar surface area (TPSA) is 175 Å². The van der Waals surface area contributed by atoms with E-state index in [0.29, 0.717) is 19.3 Å². The van der Waals surface area contributed by atoms with Crippen molar-refractivity contribution in [2.24, 2.45) is 0 Å². The average molecular weight is 1130 g/mol. The van der Waals surface area contributed by atoms with Crippen LogP contribution in [-0.4, -0.2) is 99.6 Å². The lowest BCUT2D eigenvalue weighted by Crippen LogP contribution is -2.61. The van der Waals surface area contributed by atoms with Crippen LogP contribution >= 0.6 is 0 Å². The lowest BCUT2D eigenvalue weighted by molar-refractivity contribution is -0.305. The summed E-state index contributed by atoms with van der Waals surface area (Å²) in [6.45, 7) is 5.79. The van der Waals surface area contributed by atoms with E-state index in [-0.39, 0.29) is 13.0 Å². The van der Waals surface area contributed by atoms with Crippen molar-refractivity contribution in [3.63, 3.8) is 0 Å². The van der Waals surface area contributed by atoms with Gasteiger partial charge in [0.25, 0.3) is 0 Å². The predicted molar refractivity (Wildman–Crippen MR) is 334 cm³/mol. The Bertz CT molecular complexity index is 1490. The number of hydrogen-bond acceptors (Lipinski definition) is 10. The highest BCUT2D eigenvalue weighted by molar-refractivity contribution is 5.80. The van der Waals surface area contributed by atoms with Crippen molar-refractivity contribution in [1.29, 1.82) is 0 Å². The molecule has 1 aliphatic heterocycles. The zero-order valence-corrected chi connectivity index (χ0v) is 52.0. The largest absolute Gasteiger partial charge is 0.454 e. The first-order valence-electron chi connectivity index (χ1n) is 33.9. The van der Waals surface area contributed by atoms with Crippen molar-refractivity contribution in [2.75, 3.05) is 13.2 Å². The van der Waals surface area contributed by atoms with E-state index in [1.165, 1.54) is 199 Å². The van der Waals surface area contributed by atoms with E-state index in [0.717, 1.165) is 70.6 Å². The standard InChI is InChI=1S/C69H127NO10/c1-4-7-10-13-16-19-22-25-27-28-29-30-31-32-33-34-35-36-37-39-42-45-48-51-54-57-64(74)80-67-66(76)65(75)63(58-71)79-69(67)78-59-60(61(72)55-52-49-46-43-40-24-21-18-15-12-9-6-3)70-68(77)62(73)56-53-50-47-44-41-38-26-23-20-17-14-11-8-5-2/h16,19,25,27,29-30,52,55,60-63,65-67,69,71-73,75-76H,4-15,17-18,20-24,26,28,31-51,53-54,56-59H2,1-3H3,(H,70,77)/b19-16-,27-25-,30-29-,55-52+. The van der Waals surface area contributed by atoms with Gasteiger partial charge in [0, 0.05) is 6.42 Å². The number of esters is 1. The molecule has 0 bridgehead atoms. The average Bonchev–Trinajstić information content (AvgIpc) is 3.46. The van der Waals surface area contributed by atoms with Crippen molar-refractivity contribution in [3.05, 3.63) is 48.6 Å². The quantitative estimate of drug-likeness (QED) is 0.0195. The van der Waals surface area contributed by atoms with Crippen molar-refractivity contribution in [1.82, 2.24) is 5.32 Å². The van der Waals surface area contributed by atoms with Crippen LogP contribution in [0.1, 0.15) is 316 Å². The summed E-state index contributed by atoms with van der Waals surface area (Å²) in [5.74, 6) is -1.18. The third-order valence-corrected chi connectivity index (χ3v) is 16.0. The van der Waals surface area contributed by atoms with E-state index in [1.807, 2.05) is 6.08 Å². The summed E-state index contributed by atoms with van der Waals surface area (Å²) < 4.78 is 17.7. The third kappa shape index (κ3) is 44.2. The minimum atomic E-state index is -1.61. The van der Waals surface area contributed by atoms with Gasteiger partial charge in [0.1, 0.15) is 24.4 Å². The summed E-state index contributed by atoms with van der Waals surface area (Å²) >= 11 is 0. The third-order valence-electron chi connectivity index (χ3n) is 16.0. The number of rotatable bonds is 58. The van der Waals surface area contributed by atoms with Gasteiger partial charge in [-0.2, -0.15) is 0 Å². The number of nitrogens with one attached hydrogen (secondary N) is 1. The van der Waals surface area contributed by atoms with Crippen LogP contribution in [0.4, 0.5) is 0 Å². The van der Waals surface area contributed by atoms with Gasteiger partial charge in [-0.1, -0.05) is 294 Å². The summed E-state index contributed by atoms with van der Waals surface area (Å²) in [6, 6.07) is -1.02. The molecule has 1 heterocycles. The second-order valence-electron chi connectivity index (χ2n) is 23.6. The van der Waals surface area contributed by atoms with E-state index in [1.54, 1.807) is 6.08 Å². The van der Waals surface area contributed by atoms with Crippen molar-refractivity contribution < 1.29 is 49.3 Å². The molecule has 6 N–H and O–H groups in total. The lowest BCUT2D eigenvalue weighted by Gasteiger charge is -2.41. The molecule has 468 valence electrons. The van der Waals surface area contributed by atoms with Crippen LogP contribution in [0.15, 0.2) is 48.6 Å². The molecule has 8 atom stereocenters. The number of amides is 1. The minimum Gasteiger partial charge on any atom is -0.454 e. The highest BCUT2D eigenvalue weighted by atomic mass is 16.7. The molecule has 0 aromatic carbocycles. The molecule has 0 aromatic heterocycles. The van der Waals surface area contributed by atoms with Gasteiger partial charge in [-0.05, 0) is 64.2 Å². The molecule has 1 fully saturated rings. The normalized spacial score (nSPS) is 19.0. The zero-order chi connectivity index (χ0) is 58.2. The molecular formula is C69H127NO10. The van der Waals surface area contributed by atoms with E-state index in [4.69, 9.17) is 14.2 Å². The van der Waals surface area contributed by atoms with Crippen molar-refractivity contribution >= 4 is 11.9 Å². The highest BCUT2D eigenvalue weighted by Crippen LogP contribution is 2.26. The zero-order valence-electron chi connectivity index (χ0n) is 52.0. The summed E-state index contributed by atoms with van der Waals surface area (Å²) in [6.07, 6.45) is 60.1. The Balaban J connectivity index is 2.57. The van der Waals surface area contributed by atoms with Crippen LogP contribution in [-0.2, 0) is 23.8 Å². The van der Waals surface area contributed by atoms with Crippen LogP contribution in [0.25, 0.3) is 0 Å². The molecule has 0 spiro atoms. The Morgan fingerprint density at radius 1 is 0.487 bits per heavy atom. The summed E-state index contributed by atoms with van der Waals surface area (Å²) in [4.78, 5) is 26.6. The molecule has 0 aromatic rings. The maximum atomic E-state index is 13.4. The van der Waals surface area contributed by atoms with Gasteiger partial charge >= 0.3 is 5.97 Å². The van der Waals surface area contributed by atoms with E-state index in [9.17, 15) is 35.1 Å². The molecule has 1 amide bonds. The SMILES string of the molecule is CCCCC/C=C\C/C=C\C/C=C\CCCCCCCCCCCCCCC(=O)OC1C(OCC(NC(=O)C(O)CCCCCCCCCCCCCCCC)C(O)/C=C/CCCCCCCCCCCC)OC(CO)C(O)C1O. The summed E-state index contributed by atoms with van der Waals surface area (Å²) in [7, 11) is 0. The molecular weight excluding hydrogens is 1000 g/mol. The number of hydrogen-bond donors (Lipinski definition) is 6. The maximum Gasteiger partial charge on any atom is 0.306 e. The summed E-state index contributed by atoms with van der Waals surface area (Å²) in [5, 5.41) is 57.1. The Kier molecular flexibility index (Phi) is 54.0. The molecule has 11 nitrogen and oxygen atoms in total. The number of carbonyl (C=O) groups is 2. The Morgan fingerprint density at radius 2 is 0.863 bits per heavy atom. The number of unbranched alkanes of at least 4 members (excludes halogenated alkanes) is 38. The summed E-state index contributed by atoms with van der Waals surface area (Å²) in [5.41, 5.74) is 0. The van der Waals surface area contributed by atoms with Crippen LogP contribution in [0.3, 0.4) is 0 Å². The molecule has 8 unspecified atom stereocenters. The lowest BCUT2D eigenvalue weighted by atomic mass is 9.99. The van der Waals surface area contributed by atoms with E-state index >= 15 is 0 Å². The van der Waals surface area contributed by atoms with E-state index < -0.39 is 67.4 Å². The van der Waals surface area contributed by atoms with Crippen LogP contribution in [0.2, 0.25) is 0 Å². The second-order valence-corrected chi connectivity index (χ2v) is 23.6. The van der Waals surface area contributed by atoms with E-state index in [2.05, 4.69) is 62.5 Å². The van der Waals surface area contributed by atoms with Gasteiger partial charge in [-0.15, -0.1) is 0 Å². The smallest absolute Gasteiger partial charge is 0.306 e. The molecule has 0 saturated carbocycles. The van der Waals surface area contributed by atoms with Crippen molar-refractivity contribution in [2.45, 2.75) is 365 Å². The van der Waals surface area contributed by atoms with Gasteiger partial charge in [0.15, 0.2) is 12.4 Å².